The number of para-hydroxylation sites is 6. The average Bonchev–Trinajstić information content (AvgIpc) is 1.46. The van der Waals surface area contributed by atoms with Crippen LogP contribution in [0.15, 0.2) is 104 Å². The van der Waals surface area contributed by atoms with Gasteiger partial charge in [-0.3, -0.25) is 19.7 Å². The second-order valence-electron chi connectivity index (χ2n) is 34.6. The highest BCUT2D eigenvalue weighted by atomic mass is 32.1. The van der Waals surface area contributed by atoms with E-state index in [1.165, 1.54) is 233 Å². The fraction of sp³-hybridized carbons (Fsp3) is 0.628. The lowest BCUT2D eigenvalue weighted by Gasteiger charge is -2.55. The van der Waals surface area contributed by atoms with Crippen molar-refractivity contribution in [1.29, 1.82) is 0 Å². The van der Waals surface area contributed by atoms with E-state index in [9.17, 15) is 0 Å². The molecule has 12 bridgehead atoms. The third kappa shape index (κ3) is 12.8. The predicted octanol–water partition coefficient (Wildman–Crippen LogP) is 19.4. The van der Waals surface area contributed by atoms with Gasteiger partial charge in [-0.1, -0.05) is 113 Å². The molecule has 12 heterocycles. The van der Waals surface area contributed by atoms with Gasteiger partial charge in [0, 0.05) is 84.9 Å². The number of aromatic nitrogens is 11. The minimum Gasteiger partial charge on any atom is -0.480 e. The third-order valence-electron chi connectivity index (χ3n) is 28.4. The molecule has 3 aromatic carbocycles. The Morgan fingerprint density at radius 2 is 0.706 bits per heavy atom. The Hall–Kier alpha value is -6.46. The van der Waals surface area contributed by atoms with Crippen LogP contribution in [-0.2, 0) is 0 Å². The number of thiazole rings is 1. The molecule has 12 aliphatic rings. The van der Waals surface area contributed by atoms with Crippen LogP contribution < -0.4 is 4.74 Å². The quantitative estimate of drug-likeness (QED) is 0.129. The van der Waals surface area contributed by atoms with Gasteiger partial charge in [-0.15, -0.1) is 11.3 Å². The number of ether oxygens (including phenoxy) is 1. The summed E-state index contributed by atoms with van der Waals surface area (Å²) in [6.07, 6.45) is 55.6. The van der Waals surface area contributed by atoms with Gasteiger partial charge < -0.3 is 18.4 Å². The molecule has 6 unspecified atom stereocenters. The van der Waals surface area contributed by atoms with Gasteiger partial charge in [0.05, 0.1) is 74.4 Å². The molecule has 536 valence electrons. The normalized spacial score (nSPS) is 33.8. The van der Waals surface area contributed by atoms with Gasteiger partial charge in [0.1, 0.15) is 11.4 Å². The first kappa shape index (κ1) is 66.2. The second-order valence-corrected chi connectivity index (χ2v) is 35.8. The number of fused-ring (bicyclic) bond motifs is 15. The number of hydrogen-bond donors (Lipinski definition) is 0. The molecule has 6 saturated carbocycles. The molecule has 16 heteroatoms. The van der Waals surface area contributed by atoms with Crippen molar-refractivity contribution in [1.82, 2.24) is 68.3 Å². The highest BCUT2D eigenvalue weighted by Crippen LogP contribution is 2.53. The molecule has 0 amide bonds. The minimum absolute atomic E-state index is 0.455. The Morgan fingerprint density at radius 1 is 0.343 bits per heavy atom. The molecule has 6 saturated heterocycles. The molecule has 21 rings (SSSR count). The fourth-order valence-electron chi connectivity index (χ4n) is 24.9. The summed E-state index contributed by atoms with van der Waals surface area (Å²) >= 11 is 1.81. The van der Waals surface area contributed by atoms with E-state index in [1.54, 1.807) is 25.7 Å². The van der Waals surface area contributed by atoms with Crippen molar-refractivity contribution >= 4 is 44.4 Å². The first-order valence-electron chi connectivity index (χ1n) is 41.0. The Balaban J connectivity index is 0.000000106. The minimum atomic E-state index is 0.455. The van der Waals surface area contributed by atoms with E-state index in [4.69, 9.17) is 24.7 Å². The summed E-state index contributed by atoms with van der Waals surface area (Å²) in [5.74, 6) is 9.65. The van der Waals surface area contributed by atoms with Gasteiger partial charge in [0.25, 0.3) is 0 Å². The lowest BCUT2D eigenvalue weighted by molar-refractivity contribution is -0.0482. The van der Waals surface area contributed by atoms with Crippen molar-refractivity contribution in [2.45, 2.75) is 298 Å². The first-order valence-corrected chi connectivity index (χ1v) is 41.9. The van der Waals surface area contributed by atoms with Crippen molar-refractivity contribution in [2.24, 2.45) is 35.5 Å². The lowest BCUT2D eigenvalue weighted by Crippen LogP contribution is -2.58. The zero-order valence-corrected chi connectivity index (χ0v) is 61.9. The summed E-state index contributed by atoms with van der Waals surface area (Å²) in [6.45, 7) is 4.27. The fourth-order valence-corrected chi connectivity index (χ4v) is 25.8. The summed E-state index contributed by atoms with van der Waals surface area (Å²) in [4.78, 5) is 48.6. The zero-order valence-electron chi connectivity index (χ0n) is 61.1. The first-order chi connectivity index (χ1) is 50.2. The van der Waals surface area contributed by atoms with E-state index < -0.39 is 0 Å². The molecule has 18 atom stereocenters. The number of hydrogen-bond acceptors (Lipinski definition) is 13. The molecule has 102 heavy (non-hydrogen) atoms. The Kier molecular flexibility index (Phi) is 18.5. The van der Waals surface area contributed by atoms with Crippen molar-refractivity contribution in [2.75, 3.05) is 7.11 Å². The van der Waals surface area contributed by atoms with Gasteiger partial charge in [0.15, 0.2) is 17.5 Å². The Labute approximate surface area is 608 Å². The van der Waals surface area contributed by atoms with Crippen LogP contribution in [0.25, 0.3) is 66.8 Å². The molecule has 9 aromatic rings. The maximum atomic E-state index is 5.25. The smallest absolute Gasteiger partial charge is 0.232 e. The van der Waals surface area contributed by atoms with Crippen molar-refractivity contribution in [3.8, 4) is 39.6 Å². The Morgan fingerprint density at radius 3 is 1.05 bits per heavy atom. The van der Waals surface area contributed by atoms with Gasteiger partial charge >= 0.3 is 0 Å². The van der Waals surface area contributed by atoms with E-state index in [1.807, 2.05) is 23.7 Å². The highest BCUT2D eigenvalue weighted by Gasteiger charge is 2.50. The van der Waals surface area contributed by atoms with Crippen molar-refractivity contribution < 1.29 is 4.74 Å². The third-order valence-corrected chi connectivity index (χ3v) is 29.5. The van der Waals surface area contributed by atoms with Gasteiger partial charge in [-0.25, -0.2) is 34.9 Å². The SMILES string of the molecule is COc1cnc(-c2nc3ccccc3n2C2C[C@H]3CCC[C@@H](C2)N3C2C[C@H]3CCC[C@@H](C2)C3)cn1.Cc1nc(C)c(-c2nc3ccccc3n2C2C[C@H]3CCC[C@@H](C2)N3C2C[C@H]3CCC[C@@H](C2)C3)s1.c1ccc2c(c1)nc(-c1cnccn1)n2C1C[C@H]2CCC[C@@H](C1)N2C1C[C@H]2CCC[C@@H](C1)C2. The van der Waals surface area contributed by atoms with Gasteiger partial charge in [-0.2, -0.15) is 0 Å². The average molecular weight is 1390 g/mol. The van der Waals surface area contributed by atoms with Gasteiger partial charge in [-0.05, 0) is 221 Å². The number of benzene rings is 3. The lowest BCUT2D eigenvalue weighted by atomic mass is 9.68. The van der Waals surface area contributed by atoms with Crippen molar-refractivity contribution in [3.63, 3.8) is 0 Å². The van der Waals surface area contributed by atoms with E-state index in [0.717, 1.165) is 134 Å². The van der Waals surface area contributed by atoms with Crippen LogP contribution in [0.1, 0.15) is 241 Å². The summed E-state index contributed by atoms with van der Waals surface area (Å²) in [7, 11) is 1.63. The summed E-state index contributed by atoms with van der Waals surface area (Å²) < 4.78 is 12.9. The molecular weight excluding hydrogens is 1280 g/mol. The number of nitrogens with zero attached hydrogens (tertiary/aromatic N) is 14. The van der Waals surface area contributed by atoms with Crippen LogP contribution in [0.3, 0.4) is 0 Å². The number of aryl methyl sites for hydroxylation is 2. The topological polar surface area (TPSA) is 137 Å². The highest BCUT2D eigenvalue weighted by molar-refractivity contribution is 7.15. The molecule has 0 radical (unpaired) electrons. The summed E-state index contributed by atoms with van der Waals surface area (Å²) in [5, 5.41) is 1.14. The van der Waals surface area contributed by atoms with E-state index in [2.05, 4.69) is 135 Å². The van der Waals surface area contributed by atoms with Crippen LogP contribution in [0.4, 0.5) is 0 Å². The molecule has 6 aromatic heterocycles. The van der Waals surface area contributed by atoms with Crippen LogP contribution in [-0.4, -0.2) is 130 Å². The van der Waals surface area contributed by atoms with Gasteiger partial charge in [0.2, 0.25) is 5.88 Å². The monoisotopic (exact) mass is 1390 g/mol. The maximum Gasteiger partial charge on any atom is 0.232 e. The predicted molar refractivity (Wildman–Crippen MR) is 408 cm³/mol. The van der Waals surface area contributed by atoms with E-state index in [0.29, 0.717) is 36.1 Å². The standard InChI is InChI=1S/C29H37N5O.C29H38N4S.C28H35N5/c1-35-28-18-30-26(17-31-28)29-32-25-10-2-3-11-27(25)34(29)24-15-21-8-5-9-22(16-24)33(21)23-13-19-6-4-7-20(12-19)14-23;1-18-28(34-19(2)30-18)29-31-26-11-3-4-12-27(26)33(29)25-16-22-9-6-10-23(17-25)32(22)24-14-20-7-5-8-21(13-20)15-24;1-2-10-27-25(9-1)31-28(26-18-29-11-12-30-26)33(27)24-16-21-7-4-8-22(17-24)32(21)23-14-19-5-3-6-20(13-19)15-23/h2-3,10-11,17-24H,4-9,12-16H2,1H3;3-4,11-12,20-25H,5-10,13-17H2,1-2H3;1-2,9-12,18-24H,3-8,13-17H2/t19-,20+,21-,22+,23?,24?;20-,21+,22-,23+,24?,25?;19-,20+,21-,22+,23?,24?. The molecule has 0 spiro atoms. The Bertz CT molecular complexity index is 4310. The van der Waals surface area contributed by atoms with E-state index in [-0.39, 0.29) is 0 Å². The number of rotatable bonds is 10. The van der Waals surface area contributed by atoms with Crippen LogP contribution in [0.5, 0.6) is 5.88 Å². The molecule has 15 nitrogen and oxygen atoms in total. The summed E-state index contributed by atoms with van der Waals surface area (Å²) in [5.41, 5.74) is 9.90. The van der Waals surface area contributed by atoms with Crippen molar-refractivity contribution in [3.05, 3.63) is 114 Å². The zero-order chi connectivity index (χ0) is 67.9. The molecule has 6 aliphatic heterocycles. The second kappa shape index (κ2) is 28.4. The largest absolute Gasteiger partial charge is 0.480 e. The molecular formula is C86H110N14OS. The molecule has 0 N–H and O–H groups in total. The van der Waals surface area contributed by atoms with Crippen LogP contribution in [0, 0.1) is 49.4 Å². The van der Waals surface area contributed by atoms with Crippen LogP contribution in [0.2, 0.25) is 0 Å². The number of imidazole rings is 3. The summed E-state index contributed by atoms with van der Waals surface area (Å²) in [6, 6.07) is 34.4. The number of piperidine rings is 6. The van der Waals surface area contributed by atoms with E-state index >= 15 is 0 Å². The number of methoxy groups -OCH3 is 1. The maximum absolute atomic E-state index is 5.25. The molecule has 6 aliphatic carbocycles. The van der Waals surface area contributed by atoms with Crippen LogP contribution >= 0.6 is 11.3 Å². The molecule has 12 fully saturated rings.